The third-order valence-electron chi connectivity index (χ3n) is 5.25. The van der Waals surface area contributed by atoms with Crippen LogP contribution in [0.1, 0.15) is 18.1 Å². The van der Waals surface area contributed by atoms with Gasteiger partial charge in [-0.1, -0.05) is 17.7 Å². The summed E-state index contributed by atoms with van der Waals surface area (Å²) in [6, 6.07) is 6.14. The van der Waals surface area contributed by atoms with Crippen molar-refractivity contribution >= 4 is 39.1 Å². The van der Waals surface area contributed by atoms with E-state index >= 15 is 0 Å². The van der Waals surface area contributed by atoms with Crippen molar-refractivity contribution in [1.82, 2.24) is 19.6 Å². The summed E-state index contributed by atoms with van der Waals surface area (Å²) in [6.45, 7) is 5.79. The Morgan fingerprint density at radius 3 is 2.72 bits per heavy atom. The van der Waals surface area contributed by atoms with E-state index < -0.39 is 10.0 Å². The fraction of sp³-hybridized carbons (Fsp3) is 0.524. The van der Waals surface area contributed by atoms with Crippen LogP contribution in [-0.4, -0.2) is 75.5 Å². The molecule has 1 atom stereocenters. The molecule has 2 heterocycles. The van der Waals surface area contributed by atoms with Gasteiger partial charge >= 0.3 is 0 Å². The molecule has 1 unspecified atom stereocenters. The van der Waals surface area contributed by atoms with Gasteiger partial charge in [0, 0.05) is 45.0 Å². The van der Waals surface area contributed by atoms with E-state index in [0.717, 1.165) is 51.0 Å². The lowest BCUT2D eigenvalue weighted by Gasteiger charge is -2.18. The highest BCUT2D eigenvalue weighted by Gasteiger charge is 2.15. The first-order valence-electron chi connectivity index (χ1n) is 10.6. The summed E-state index contributed by atoms with van der Waals surface area (Å²) in [5, 5.41) is 6.74. The van der Waals surface area contributed by atoms with Gasteiger partial charge in [-0.15, -0.1) is 0 Å². The van der Waals surface area contributed by atoms with Gasteiger partial charge in [0.2, 0.25) is 16.0 Å². The molecule has 1 aliphatic heterocycles. The second kappa shape index (κ2) is 11.2. The van der Waals surface area contributed by atoms with Crippen molar-refractivity contribution in [2.75, 3.05) is 56.8 Å². The molecule has 32 heavy (non-hydrogen) atoms. The average Bonchev–Trinajstić information content (AvgIpc) is 2.95. The highest BCUT2D eigenvalue weighted by atomic mass is 35.5. The maximum Gasteiger partial charge on any atom is 0.229 e. The maximum absolute atomic E-state index is 11.3. The highest BCUT2D eigenvalue weighted by molar-refractivity contribution is 7.88. The Bertz CT molecular complexity index is 1020. The van der Waals surface area contributed by atoms with E-state index in [9.17, 15) is 8.42 Å². The Balaban J connectivity index is 1.65. The van der Waals surface area contributed by atoms with E-state index in [1.807, 2.05) is 13.0 Å². The molecule has 0 radical (unpaired) electrons. The molecule has 11 heteroatoms. The van der Waals surface area contributed by atoms with Crippen LogP contribution in [0.3, 0.4) is 0 Å². The van der Waals surface area contributed by atoms with Crippen molar-refractivity contribution < 1.29 is 13.2 Å². The molecular formula is C21H31ClN6O3S. The first kappa shape index (κ1) is 24.7. The number of sulfonamides is 1. The normalized spacial score (nSPS) is 15.6. The number of rotatable bonds is 10. The zero-order valence-electron chi connectivity index (χ0n) is 18.7. The number of methoxy groups -OCH3 is 1. The molecule has 3 rings (SSSR count). The first-order valence-corrected chi connectivity index (χ1v) is 12.8. The minimum atomic E-state index is -3.27. The van der Waals surface area contributed by atoms with Crippen LogP contribution in [0, 0.1) is 0 Å². The Hall–Kier alpha value is -1.98. The standard InChI is InChI=1S/C21H31ClN6O3S/c1-15(13-24-32(3,29)30)25-20-19(22)14-23-21(27-20)26-18-5-4-16-6-8-28(10-11-31-2)9-7-17(16)12-18/h4-5,12,14-15,24H,6-11,13H2,1-3H3,(H2,23,25,26,27). The predicted molar refractivity (Wildman–Crippen MR) is 128 cm³/mol. The van der Waals surface area contributed by atoms with Crippen molar-refractivity contribution in [3.05, 3.63) is 40.5 Å². The number of hydrogen-bond acceptors (Lipinski definition) is 8. The van der Waals surface area contributed by atoms with Crippen LogP contribution in [0.25, 0.3) is 0 Å². The zero-order valence-corrected chi connectivity index (χ0v) is 20.3. The third kappa shape index (κ3) is 7.56. The van der Waals surface area contributed by atoms with Crippen molar-refractivity contribution in [2.45, 2.75) is 25.8 Å². The van der Waals surface area contributed by atoms with E-state index in [1.165, 1.54) is 17.3 Å². The van der Waals surface area contributed by atoms with Crippen molar-refractivity contribution in [3.8, 4) is 0 Å². The van der Waals surface area contributed by atoms with E-state index in [2.05, 4.69) is 42.4 Å². The Kier molecular flexibility index (Phi) is 8.66. The molecule has 0 fully saturated rings. The number of aromatic nitrogens is 2. The van der Waals surface area contributed by atoms with Crippen molar-refractivity contribution in [2.24, 2.45) is 0 Å². The van der Waals surface area contributed by atoms with Crippen LogP contribution >= 0.6 is 11.6 Å². The SMILES string of the molecule is COCCN1CCc2ccc(Nc3ncc(Cl)c(NC(C)CNS(C)(=O)=O)n3)cc2CC1. The van der Waals surface area contributed by atoms with Gasteiger partial charge in [-0.3, -0.25) is 0 Å². The lowest BCUT2D eigenvalue weighted by atomic mass is 10.0. The maximum atomic E-state index is 11.3. The molecule has 3 N–H and O–H groups in total. The number of hydrogen-bond donors (Lipinski definition) is 3. The van der Waals surface area contributed by atoms with Gasteiger partial charge in [0.05, 0.1) is 19.1 Å². The average molecular weight is 483 g/mol. The topological polar surface area (TPSA) is 108 Å². The van der Waals surface area contributed by atoms with Crippen molar-refractivity contribution in [3.63, 3.8) is 0 Å². The Labute approximate surface area is 195 Å². The quantitative estimate of drug-likeness (QED) is 0.473. The van der Waals surface area contributed by atoms with Crippen LogP contribution in [0.15, 0.2) is 24.4 Å². The molecule has 0 saturated heterocycles. The fourth-order valence-corrected chi connectivity index (χ4v) is 4.21. The summed E-state index contributed by atoms with van der Waals surface area (Å²) in [4.78, 5) is 11.2. The number of nitrogens with one attached hydrogen (secondary N) is 3. The number of ether oxygens (including phenoxy) is 1. The zero-order chi connectivity index (χ0) is 23.1. The molecule has 1 aliphatic rings. The number of nitrogens with zero attached hydrogens (tertiary/aromatic N) is 3. The molecule has 0 saturated carbocycles. The lowest BCUT2D eigenvalue weighted by molar-refractivity contribution is 0.150. The molecule has 2 aromatic rings. The van der Waals surface area contributed by atoms with Gasteiger partial charge in [0.1, 0.15) is 5.02 Å². The Morgan fingerprint density at radius 1 is 1.25 bits per heavy atom. The third-order valence-corrected chi connectivity index (χ3v) is 6.22. The van der Waals surface area contributed by atoms with Crippen LogP contribution in [-0.2, 0) is 27.6 Å². The summed E-state index contributed by atoms with van der Waals surface area (Å²) >= 11 is 6.23. The molecule has 0 bridgehead atoms. The van der Waals surface area contributed by atoms with E-state index in [0.29, 0.717) is 16.8 Å². The largest absolute Gasteiger partial charge is 0.383 e. The number of halogens is 1. The van der Waals surface area contributed by atoms with Gasteiger partial charge < -0.3 is 20.3 Å². The fourth-order valence-electron chi connectivity index (χ4n) is 3.51. The molecule has 0 aliphatic carbocycles. The molecular weight excluding hydrogens is 452 g/mol. The lowest BCUT2D eigenvalue weighted by Crippen LogP contribution is -2.34. The van der Waals surface area contributed by atoms with Gasteiger partial charge in [-0.2, -0.15) is 4.98 Å². The summed E-state index contributed by atoms with van der Waals surface area (Å²) in [5.41, 5.74) is 3.60. The molecule has 0 spiro atoms. The monoisotopic (exact) mass is 482 g/mol. The number of anilines is 3. The van der Waals surface area contributed by atoms with Gasteiger partial charge in [0.15, 0.2) is 5.82 Å². The number of benzene rings is 1. The first-order chi connectivity index (χ1) is 15.2. The molecule has 176 valence electrons. The van der Waals surface area contributed by atoms with Gasteiger partial charge in [-0.05, 0) is 43.0 Å². The van der Waals surface area contributed by atoms with Crippen LogP contribution in [0.5, 0.6) is 0 Å². The number of fused-ring (bicyclic) bond motifs is 1. The predicted octanol–water partition coefficient (Wildman–Crippen LogP) is 2.27. The van der Waals surface area contributed by atoms with E-state index in [1.54, 1.807) is 7.11 Å². The summed E-state index contributed by atoms with van der Waals surface area (Å²) in [5.74, 6) is 0.853. The molecule has 1 aromatic carbocycles. The molecule has 0 amide bonds. The van der Waals surface area contributed by atoms with E-state index in [4.69, 9.17) is 16.3 Å². The summed E-state index contributed by atoms with van der Waals surface area (Å²) in [7, 11) is -1.53. The minimum absolute atomic E-state index is 0.210. The summed E-state index contributed by atoms with van der Waals surface area (Å²) in [6.07, 6.45) is 4.64. The van der Waals surface area contributed by atoms with Gasteiger partial charge in [0.25, 0.3) is 0 Å². The van der Waals surface area contributed by atoms with Crippen LogP contribution < -0.4 is 15.4 Å². The highest BCUT2D eigenvalue weighted by Crippen LogP contribution is 2.25. The second-order valence-electron chi connectivity index (χ2n) is 8.00. The van der Waals surface area contributed by atoms with E-state index in [-0.39, 0.29) is 12.6 Å². The van der Waals surface area contributed by atoms with Gasteiger partial charge in [-0.25, -0.2) is 18.1 Å². The van der Waals surface area contributed by atoms with Crippen LogP contribution in [0.4, 0.5) is 17.5 Å². The smallest absolute Gasteiger partial charge is 0.229 e. The van der Waals surface area contributed by atoms with Crippen molar-refractivity contribution in [1.29, 1.82) is 0 Å². The summed E-state index contributed by atoms with van der Waals surface area (Å²) < 4.78 is 30.3. The second-order valence-corrected chi connectivity index (χ2v) is 10.2. The minimum Gasteiger partial charge on any atom is -0.383 e. The van der Waals surface area contributed by atoms with Crippen LogP contribution in [0.2, 0.25) is 5.02 Å². The Morgan fingerprint density at radius 2 is 2.00 bits per heavy atom. The molecule has 1 aromatic heterocycles. The molecule has 9 nitrogen and oxygen atoms in total.